The number of nitrogens with zero attached hydrogens (tertiary/aromatic N) is 2. The fraction of sp³-hybridized carbons (Fsp3) is 0.500. The molecule has 5 heteroatoms. The molecule has 0 radical (unpaired) electrons. The highest BCUT2D eigenvalue weighted by Crippen LogP contribution is 2.34. The van der Waals surface area contributed by atoms with Crippen molar-refractivity contribution in [3.8, 4) is 0 Å². The lowest BCUT2D eigenvalue weighted by Gasteiger charge is -2.26. The normalized spacial score (nSPS) is 16.6. The first kappa shape index (κ1) is 12.5. The molecular formula is C12H16BrN3O. The van der Waals surface area contributed by atoms with E-state index in [4.69, 9.17) is 5.73 Å². The van der Waals surface area contributed by atoms with E-state index >= 15 is 0 Å². The summed E-state index contributed by atoms with van der Waals surface area (Å²) in [6.45, 7) is 0.517. The first-order valence-corrected chi connectivity index (χ1v) is 6.51. The zero-order chi connectivity index (χ0) is 12.4. The Morgan fingerprint density at radius 3 is 2.82 bits per heavy atom. The summed E-state index contributed by atoms with van der Waals surface area (Å²) in [4.78, 5) is 18.0. The van der Waals surface area contributed by atoms with Crippen LogP contribution in [0.4, 0.5) is 0 Å². The maximum absolute atomic E-state index is 12.2. The van der Waals surface area contributed by atoms with Crippen LogP contribution in [-0.4, -0.2) is 35.4 Å². The van der Waals surface area contributed by atoms with Crippen LogP contribution < -0.4 is 5.73 Å². The number of carbonyl (C=O) groups excluding carboxylic acids is 1. The maximum Gasteiger partial charge on any atom is 0.272 e. The summed E-state index contributed by atoms with van der Waals surface area (Å²) in [6, 6.07) is 3.69. The molecule has 1 aliphatic carbocycles. The van der Waals surface area contributed by atoms with E-state index in [0.29, 0.717) is 18.2 Å². The first-order chi connectivity index (χ1) is 8.13. The molecule has 2 rings (SSSR count). The lowest BCUT2D eigenvalue weighted by atomic mass is 10.1. The van der Waals surface area contributed by atoms with Crippen molar-refractivity contribution in [1.82, 2.24) is 9.88 Å². The van der Waals surface area contributed by atoms with Crippen molar-refractivity contribution in [3.05, 3.63) is 28.5 Å². The molecule has 0 saturated heterocycles. The van der Waals surface area contributed by atoms with Crippen LogP contribution in [-0.2, 0) is 0 Å². The number of carbonyl (C=O) groups is 1. The Hall–Kier alpha value is -0.940. The topological polar surface area (TPSA) is 59.2 Å². The van der Waals surface area contributed by atoms with Crippen LogP contribution in [0.2, 0.25) is 0 Å². The Morgan fingerprint density at radius 1 is 1.65 bits per heavy atom. The maximum atomic E-state index is 12.2. The van der Waals surface area contributed by atoms with E-state index in [1.807, 2.05) is 13.1 Å². The van der Waals surface area contributed by atoms with Crippen molar-refractivity contribution in [2.45, 2.75) is 18.9 Å². The third-order valence-corrected chi connectivity index (χ3v) is 3.64. The van der Waals surface area contributed by atoms with E-state index < -0.39 is 0 Å². The van der Waals surface area contributed by atoms with E-state index in [2.05, 4.69) is 20.9 Å². The SMILES string of the molecule is CN(C(=O)c1ccc(Br)cn1)C(CN)C1CC1. The fourth-order valence-corrected chi connectivity index (χ4v) is 2.22. The van der Waals surface area contributed by atoms with E-state index in [9.17, 15) is 4.79 Å². The van der Waals surface area contributed by atoms with Crippen LogP contribution in [0.5, 0.6) is 0 Å². The minimum Gasteiger partial charge on any atom is -0.336 e. The molecule has 1 atom stereocenters. The molecular weight excluding hydrogens is 282 g/mol. The van der Waals surface area contributed by atoms with Gasteiger partial charge in [0.05, 0.1) is 0 Å². The van der Waals surface area contributed by atoms with Crippen molar-refractivity contribution in [1.29, 1.82) is 0 Å². The average Bonchev–Trinajstić information content (AvgIpc) is 3.14. The largest absolute Gasteiger partial charge is 0.336 e. The molecule has 1 aromatic heterocycles. The van der Waals surface area contributed by atoms with Gasteiger partial charge in [-0.2, -0.15) is 0 Å². The van der Waals surface area contributed by atoms with Gasteiger partial charge in [-0.05, 0) is 46.8 Å². The summed E-state index contributed by atoms with van der Waals surface area (Å²) in [7, 11) is 1.81. The highest BCUT2D eigenvalue weighted by atomic mass is 79.9. The van der Waals surface area contributed by atoms with Crippen LogP contribution in [0.25, 0.3) is 0 Å². The van der Waals surface area contributed by atoms with Crippen molar-refractivity contribution >= 4 is 21.8 Å². The van der Waals surface area contributed by atoms with Gasteiger partial charge in [-0.1, -0.05) is 0 Å². The van der Waals surface area contributed by atoms with Gasteiger partial charge < -0.3 is 10.6 Å². The van der Waals surface area contributed by atoms with E-state index in [-0.39, 0.29) is 11.9 Å². The number of halogens is 1. The Morgan fingerprint density at radius 2 is 2.35 bits per heavy atom. The minimum absolute atomic E-state index is 0.0557. The van der Waals surface area contributed by atoms with E-state index in [0.717, 1.165) is 4.47 Å². The summed E-state index contributed by atoms with van der Waals surface area (Å²) in [5, 5.41) is 0. The predicted octanol–water partition coefficient (Wildman–Crippen LogP) is 1.65. The molecule has 0 aliphatic heterocycles. The second-order valence-electron chi connectivity index (χ2n) is 4.42. The fourth-order valence-electron chi connectivity index (χ4n) is 1.98. The zero-order valence-electron chi connectivity index (χ0n) is 9.77. The van der Waals surface area contributed by atoms with Crippen LogP contribution in [0.3, 0.4) is 0 Å². The van der Waals surface area contributed by atoms with Gasteiger partial charge in [0.15, 0.2) is 0 Å². The summed E-state index contributed by atoms with van der Waals surface area (Å²) in [5.41, 5.74) is 6.20. The smallest absolute Gasteiger partial charge is 0.272 e. The highest BCUT2D eigenvalue weighted by molar-refractivity contribution is 9.10. The van der Waals surface area contributed by atoms with Gasteiger partial charge in [0.25, 0.3) is 5.91 Å². The van der Waals surface area contributed by atoms with Crippen LogP contribution in [0, 0.1) is 5.92 Å². The zero-order valence-corrected chi connectivity index (χ0v) is 11.4. The third-order valence-electron chi connectivity index (χ3n) is 3.17. The number of hydrogen-bond acceptors (Lipinski definition) is 3. The van der Waals surface area contributed by atoms with Crippen LogP contribution >= 0.6 is 15.9 Å². The molecule has 1 aromatic rings. The van der Waals surface area contributed by atoms with E-state index in [1.54, 1.807) is 17.2 Å². The monoisotopic (exact) mass is 297 g/mol. The van der Waals surface area contributed by atoms with Gasteiger partial charge in [0.1, 0.15) is 5.69 Å². The number of likely N-dealkylation sites (N-methyl/N-ethyl adjacent to an activating group) is 1. The molecule has 1 fully saturated rings. The average molecular weight is 298 g/mol. The molecule has 92 valence electrons. The second-order valence-corrected chi connectivity index (χ2v) is 5.33. The van der Waals surface area contributed by atoms with Crippen molar-refractivity contribution in [2.24, 2.45) is 11.7 Å². The number of amides is 1. The molecule has 0 spiro atoms. The Kier molecular flexibility index (Phi) is 3.79. The first-order valence-electron chi connectivity index (χ1n) is 5.72. The number of rotatable bonds is 4. The summed E-state index contributed by atoms with van der Waals surface area (Å²) in [6.07, 6.45) is 3.98. The molecule has 17 heavy (non-hydrogen) atoms. The third kappa shape index (κ3) is 2.84. The molecule has 1 unspecified atom stereocenters. The minimum atomic E-state index is -0.0557. The molecule has 1 saturated carbocycles. The Labute approximate surface area is 109 Å². The molecule has 1 aliphatic rings. The van der Waals surface area contributed by atoms with Crippen LogP contribution in [0.15, 0.2) is 22.8 Å². The Balaban J connectivity index is 2.10. The summed E-state index contributed by atoms with van der Waals surface area (Å²) < 4.78 is 0.870. The molecule has 1 amide bonds. The molecule has 2 N–H and O–H groups in total. The van der Waals surface area contributed by atoms with Gasteiger partial charge in [0, 0.05) is 30.3 Å². The van der Waals surface area contributed by atoms with Gasteiger partial charge in [-0.3, -0.25) is 4.79 Å². The van der Waals surface area contributed by atoms with Crippen molar-refractivity contribution < 1.29 is 4.79 Å². The quantitative estimate of drug-likeness (QED) is 0.919. The highest BCUT2D eigenvalue weighted by Gasteiger charge is 2.35. The number of nitrogens with two attached hydrogens (primary N) is 1. The lowest BCUT2D eigenvalue weighted by Crippen LogP contribution is -2.43. The number of hydrogen-bond donors (Lipinski definition) is 1. The Bertz CT molecular complexity index is 403. The molecule has 0 aromatic carbocycles. The van der Waals surface area contributed by atoms with Gasteiger partial charge >= 0.3 is 0 Å². The van der Waals surface area contributed by atoms with Crippen molar-refractivity contribution in [3.63, 3.8) is 0 Å². The lowest BCUT2D eigenvalue weighted by molar-refractivity contribution is 0.0712. The predicted molar refractivity (Wildman–Crippen MR) is 69.6 cm³/mol. The van der Waals surface area contributed by atoms with Gasteiger partial charge in [0.2, 0.25) is 0 Å². The van der Waals surface area contributed by atoms with Crippen molar-refractivity contribution in [2.75, 3.05) is 13.6 Å². The molecule has 4 nitrogen and oxygen atoms in total. The summed E-state index contributed by atoms with van der Waals surface area (Å²) in [5.74, 6) is 0.518. The second kappa shape index (κ2) is 5.14. The van der Waals surface area contributed by atoms with Gasteiger partial charge in [-0.15, -0.1) is 0 Å². The molecule has 1 heterocycles. The number of aromatic nitrogens is 1. The van der Waals surface area contributed by atoms with E-state index in [1.165, 1.54) is 12.8 Å². The van der Waals surface area contributed by atoms with Crippen LogP contribution in [0.1, 0.15) is 23.3 Å². The van der Waals surface area contributed by atoms with Gasteiger partial charge in [-0.25, -0.2) is 4.98 Å². The summed E-state index contributed by atoms with van der Waals surface area (Å²) >= 11 is 3.30. The molecule has 0 bridgehead atoms. The number of pyridine rings is 1. The standard InChI is InChI=1S/C12H16BrN3O/c1-16(11(6-14)8-2-3-8)12(17)10-5-4-9(13)7-15-10/h4-5,7-8,11H,2-3,6,14H2,1H3.